The third-order valence-corrected chi connectivity index (χ3v) is 15.9. The highest BCUT2D eigenvalue weighted by molar-refractivity contribution is 7.13. The molecule has 2 heterocycles. The third-order valence-electron chi connectivity index (χ3n) is 14.9. The minimum Gasteiger partial charge on any atom is -0.508 e. The van der Waals surface area contributed by atoms with Gasteiger partial charge in [0.2, 0.25) is 17.7 Å². The van der Waals surface area contributed by atoms with E-state index < -0.39 is 30.0 Å². The van der Waals surface area contributed by atoms with Crippen molar-refractivity contribution in [2.75, 3.05) is 65.9 Å². The summed E-state index contributed by atoms with van der Waals surface area (Å²) in [6, 6.07) is 12.1. The Morgan fingerprint density at radius 3 is 2.37 bits per heavy atom. The maximum absolute atomic E-state index is 13.7. The monoisotopic (exact) mass is 944 g/mol. The van der Waals surface area contributed by atoms with Crippen LogP contribution >= 0.6 is 11.3 Å². The number of aryl methyl sites for hydroxylation is 1. The van der Waals surface area contributed by atoms with E-state index in [4.69, 9.17) is 18.9 Å². The molecule has 0 unspecified atom stereocenters. The number of aliphatic hydroxyl groups is 2. The summed E-state index contributed by atoms with van der Waals surface area (Å²) < 4.78 is 22.6. The van der Waals surface area contributed by atoms with Crippen molar-refractivity contribution in [1.29, 1.82) is 0 Å². The number of nitrogens with one attached hydrogen (secondary N) is 2. The van der Waals surface area contributed by atoms with Crippen molar-refractivity contribution in [3.8, 4) is 16.2 Å². The Bertz CT molecular complexity index is 2130. The second kappa shape index (κ2) is 23.9. The first kappa shape index (κ1) is 50.7. The quantitative estimate of drug-likeness (QED) is 0.0533. The molecule has 3 aromatic rings. The van der Waals surface area contributed by atoms with Crippen LogP contribution in [0.15, 0.2) is 60.1 Å². The van der Waals surface area contributed by atoms with Gasteiger partial charge in [0.25, 0.3) is 0 Å². The number of phenols is 1. The maximum atomic E-state index is 13.7. The average Bonchev–Trinajstić information content (AvgIpc) is 4.01. The fourth-order valence-corrected chi connectivity index (χ4v) is 12.2. The number of hydrogen-bond donors (Lipinski definition) is 5. The SMILES string of the molecule is C=C(C)[C@H](NC(=O)COCCOCCOCCOCCCC[C@@H]1Cc2cc(O)ccc2[C@H]2CC[C@]3(C)[C@@H](O)CC[C@H]3[C@H]12)C(=O)N1C[C@H](O)C[C@H]1C(=O)NCCc1ccc(-c2scnc2C)cc1. The molecule has 0 spiro atoms. The van der Waals surface area contributed by atoms with Crippen LogP contribution < -0.4 is 10.6 Å². The summed E-state index contributed by atoms with van der Waals surface area (Å²) in [4.78, 5) is 46.5. The van der Waals surface area contributed by atoms with E-state index in [1.54, 1.807) is 18.3 Å². The lowest BCUT2D eigenvalue weighted by atomic mass is 9.52. The van der Waals surface area contributed by atoms with Crippen molar-refractivity contribution in [2.24, 2.45) is 23.2 Å². The molecule has 366 valence electrons. The van der Waals surface area contributed by atoms with Crippen LogP contribution in [0.2, 0.25) is 0 Å². The fourth-order valence-electron chi connectivity index (χ4n) is 11.4. The second-order valence-corrected chi connectivity index (χ2v) is 20.3. The molecule has 1 aromatic heterocycles. The number of aromatic nitrogens is 1. The van der Waals surface area contributed by atoms with Crippen molar-refractivity contribution in [2.45, 2.75) is 115 Å². The number of aliphatic hydroxyl groups excluding tert-OH is 2. The van der Waals surface area contributed by atoms with Gasteiger partial charge < -0.3 is 49.8 Å². The van der Waals surface area contributed by atoms with E-state index in [0.717, 1.165) is 73.1 Å². The van der Waals surface area contributed by atoms with Gasteiger partial charge in [0.15, 0.2) is 0 Å². The lowest BCUT2D eigenvalue weighted by Gasteiger charge is -2.53. The molecule has 0 radical (unpaired) electrons. The molecule has 7 rings (SSSR count). The molecule has 1 saturated heterocycles. The van der Waals surface area contributed by atoms with Crippen LogP contribution in [0.3, 0.4) is 0 Å². The average molecular weight is 945 g/mol. The summed E-state index contributed by atoms with van der Waals surface area (Å²) in [6.45, 7) is 12.7. The Kier molecular flexibility index (Phi) is 18.0. The number of ether oxygens (including phenoxy) is 4. The molecule has 67 heavy (non-hydrogen) atoms. The number of rotatable bonds is 24. The van der Waals surface area contributed by atoms with Crippen molar-refractivity contribution in [3.63, 3.8) is 0 Å². The second-order valence-electron chi connectivity index (χ2n) is 19.4. The molecule has 5 N–H and O–H groups in total. The molecule has 9 atom stereocenters. The number of likely N-dealkylation sites (tertiary alicyclic amines) is 1. The van der Waals surface area contributed by atoms with Crippen molar-refractivity contribution < 1.29 is 48.7 Å². The van der Waals surface area contributed by atoms with E-state index >= 15 is 0 Å². The van der Waals surface area contributed by atoms with E-state index in [-0.39, 0.29) is 50.2 Å². The zero-order valence-corrected chi connectivity index (χ0v) is 40.4. The fraction of sp³-hybridized carbons (Fsp3) is 0.615. The summed E-state index contributed by atoms with van der Waals surface area (Å²) in [5, 5.41) is 37.3. The Labute approximate surface area is 399 Å². The standard InChI is InChI=1S/C52H72N4O10S/c1-33(2)48(51(62)56-30-40(58)29-44(56)50(61)53-19-17-35-8-10-36(11-9-35)49-34(3)54-32-67-49)55-46(60)31-66-26-25-65-24-23-64-22-21-63-20-6-5-7-37-27-38-28-39(57)12-13-41(38)42-16-18-52(4)43(47(37)42)14-15-45(52)59/h8-13,28,32,37,40,42-45,47-48,57-59H,1,5-7,14-27,29-31H2,2-4H3,(H,53,61)(H,55,60)/t37-,40-,42-,43+,44+,45+,47-,48+,52+/m1/s1. The Hall–Kier alpha value is -4.22. The van der Waals surface area contributed by atoms with Gasteiger partial charge in [-0.25, -0.2) is 4.98 Å². The number of hydrogen-bond acceptors (Lipinski definition) is 12. The predicted molar refractivity (Wildman–Crippen MR) is 257 cm³/mol. The highest BCUT2D eigenvalue weighted by Gasteiger charge is 2.56. The summed E-state index contributed by atoms with van der Waals surface area (Å²) in [6.07, 6.45) is 7.99. The van der Waals surface area contributed by atoms with Crippen LogP contribution in [0.5, 0.6) is 5.75 Å². The zero-order chi connectivity index (χ0) is 47.5. The smallest absolute Gasteiger partial charge is 0.250 e. The molecule has 4 aliphatic rings. The number of fused-ring (bicyclic) bond motifs is 5. The molecule has 3 amide bonds. The van der Waals surface area contributed by atoms with Gasteiger partial charge in [-0.3, -0.25) is 14.4 Å². The normalized spacial score (nSPS) is 25.8. The minimum absolute atomic E-state index is 0.0163. The van der Waals surface area contributed by atoms with Gasteiger partial charge in [-0.05, 0) is 134 Å². The minimum atomic E-state index is -1.09. The number of carbonyl (C=O) groups is 3. The number of benzene rings is 2. The molecule has 3 aliphatic carbocycles. The summed E-state index contributed by atoms with van der Waals surface area (Å²) in [5.41, 5.74) is 8.09. The van der Waals surface area contributed by atoms with E-state index in [1.165, 1.54) is 16.0 Å². The number of aromatic hydroxyl groups is 1. The lowest BCUT2D eigenvalue weighted by molar-refractivity contribution is -0.141. The van der Waals surface area contributed by atoms with Crippen molar-refractivity contribution in [1.82, 2.24) is 20.5 Å². The Balaban J connectivity index is 0.718. The van der Waals surface area contributed by atoms with Gasteiger partial charge in [-0.1, -0.05) is 50.3 Å². The molecular weight excluding hydrogens is 873 g/mol. The molecule has 2 saturated carbocycles. The van der Waals surface area contributed by atoms with Crippen molar-refractivity contribution >= 4 is 29.1 Å². The highest BCUT2D eigenvalue weighted by atomic mass is 32.1. The van der Waals surface area contributed by atoms with Crippen LogP contribution in [-0.4, -0.2) is 133 Å². The first-order chi connectivity index (χ1) is 32.3. The first-order valence-electron chi connectivity index (χ1n) is 24.3. The van der Waals surface area contributed by atoms with E-state index in [1.807, 2.05) is 48.8 Å². The number of phenolic OH excluding ortho intramolecular Hbond substituents is 1. The van der Waals surface area contributed by atoms with Crippen LogP contribution in [0.1, 0.15) is 93.5 Å². The van der Waals surface area contributed by atoms with Gasteiger partial charge in [0, 0.05) is 26.1 Å². The molecule has 1 aliphatic heterocycles. The van der Waals surface area contributed by atoms with Gasteiger partial charge in [0.05, 0.1) is 67.9 Å². The first-order valence-corrected chi connectivity index (χ1v) is 25.2. The van der Waals surface area contributed by atoms with Crippen molar-refractivity contribution in [3.05, 3.63) is 82.5 Å². The Morgan fingerprint density at radius 2 is 1.67 bits per heavy atom. The van der Waals surface area contributed by atoms with E-state index in [9.17, 15) is 29.7 Å². The summed E-state index contributed by atoms with van der Waals surface area (Å²) in [7, 11) is 0. The van der Waals surface area contributed by atoms with Gasteiger partial charge >= 0.3 is 0 Å². The molecule has 0 bridgehead atoms. The zero-order valence-electron chi connectivity index (χ0n) is 39.6. The summed E-state index contributed by atoms with van der Waals surface area (Å²) in [5.74, 6) is 1.14. The lowest BCUT2D eigenvalue weighted by Crippen LogP contribution is -2.54. The summed E-state index contributed by atoms with van der Waals surface area (Å²) >= 11 is 1.60. The van der Waals surface area contributed by atoms with Crippen LogP contribution in [-0.2, 0) is 46.2 Å². The molecule has 14 nitrogen and oxygen atoms in total. The molecular formula is C52H72N4O10S. The van der Waals surface area contributed by atoms with Crippen LogP contribution in [0.25, 0.3) is 10.4 Å². The number of carbonyl (C=O) groups excluding carboxylic acids is 3. The third kappa shape index (κ3) is 12.7. The van der Waals surface area contributed by atoms with Crippen LogP contribution in [0.4, 0.5) is 0 Å². The Morgan fingerprint density at radius 1 is 0.955 bits per heavy atom. The number of amides is 3. The number of unbranched alkanes of at least 4 members (excludes halogenated alkanes) is 1. The number of thiazole rings is 1. The maximum Gasteiger partial charge on any atom is 0.250 e. The van der Waals surface area contributed by atoms with Gasteiger partial charge in [0.1, 0.15) is 24.4 Å². The van der Waals surface area contributed by atoms with Gasteiger partial charge in [-0.2, -0.15) is 0 Å². The predicted octanol–water partition coefficient (Wildman–Crippen LogP) is 5.89. The molecule has 2 aromatic carbocycles. The van der Waals surface area contributed by atoms with E-state index in [0.29, 0.717) is 81.0 Å². The largest absolute Gasteiger partial charge is 0.508 e. The highest BCUT2D eigenvalue weighted by Crippen LogP contribution is 2.62. The van der Waals surface area contributed by atoms with Crippen LogP contribution in [0, 0.1) is 30.1 Å². The van der Waals surface area contributed by atoms with E-state index in [2.05, 4.69) is 35.2 Å². The number of nitrogens with zero attached hydrogens (tertiary/aromatic N) is 2. The molecule has 15 heteroatoms. The molecule has 3 fully saturated rings. The van der Waals surface area contributed by atoms with Gasteiger partial charge in [-0.15, -0.1) is 11.3 Å². The number of β-amino-alcohol motifs (C(OH)–C–C–N with tert-alkyl or cyclic N) is 1. The topological polar surface area (TPSA) is 189 Å².